The molecule has 0 bridgehead atoms. The number of halogens is 1. The zero-order valence-corrected chi connectivity index (χ0v) is 11.1. The molecule has 18 heavy (non-hydrogen) atoms. The van der Waals surface area contributed by atoms with Gasteiger partial charge in [0.25, 0.3) is 0 Å². The Kier molecular flexibility index (Phi) is 4.94. The standard InChI is InChI=1S/C10H14ClN3O3S/c11-7-3-1-4-8(12)10(7)18(16,17)14-6-2-5-9(13)15/h1,3-4,14H,2,5-6,12H2,(H2,13,15). The number of nitrogens with one attached hydrogen (secondary N) is 1. The van der Waals surface area contributed by atoms with Crippen LogP contribution in [0.5, 0.6) is 0 Å². The second kappa shape index (κ2) is 6.03. The van der Waals surface area contributed by atoms with Gasteiger partial charge in [-0.1, -0.05) is 17.7 Å². The molecule has 0 heterocycles. The van der Waals surface area contributed by atoms with Crippen molar-refractivity contribution >= 4 is 33.2 Å². The third-order valence-electron chi connectivity index (χ3n) is 2.16. The quantitative estimate of drug-likeness (QED) is 0.522. The van der Waals surface area contributed by atoms with Gasteiger partial charge >= 0.3 is 0 Å². The molecule has 100 valence electrons. The third-order valence-corrected chi connectivity index (χ3v) is 4.16. The van der Waals surface area contributed by atoms with Crippen LogP contribution in [0.25, 0.3) is 0 Å². The molecular weight excluding hydrogens is 278 g/mol. The molecule has 5 N–H and O–H groups in total. The van der Waals surface area contributed by atoms with Gasteiger partial charge in [-0.25, -0.2) is 13.1 Å². The normalized spacial score (nSPS) is 11.4. The average Bonchev–Trinajstić information content (AvgIpc) is 2.23. The number of amides is 1. The summed E-state index contributed by atoms with van der Waals surface area (Å²) < 4.78 is 26.2. The first-order valence-electron chi connectivity index (χ1n) is 5.16. The summed E-state index contributed by atoms with van der Waals surface area (Å²) in [7, 11) is -3.78. The lowest BCUT2D eigenvalue weighted by Crippen LogP contribution is -2.26. The molecule has 0 unspecified atom stereocenters. The smallest absolute Gasteiger partial charge is 0.244 e. The van der Waals surface area contributed by atoms with Gasteiger partial charge in [0, 0.05) is 13.0 Å². The van der Waals surface area contributed by atoms with Crippen LogP contribution in [0.2, 0.25) is 5.02 Å². The Hall–Kier alpha value is -1.31. The Bertz CT molecular complexity index is 525. The third kappa shape index (κ3) is 3.86. The number of carbonyl (C=O) groups is 1. The summed E-state index contributed by atoms with van der Waals surface area (Å²) in [5.41, 5.74) is 10.6. The number of carbonyl (C=O) groups excluding carboxylic acids is 1. The minimum absolute atomic E-state index is 0.0531. The maximum absolute atomic E-state index is 11.9. The summed E-state index contributed by atoms with van der Waals surface area (Å²) in [5, 5.41) is 0.0531. The molecule has 0 aliphatic rings. The summed E-state index contributed by atoms with van der Waals surface area (Å²) in [5.74, 6) is -0.480. The minimum atomic E-state index is -3.78. The Labute approximate surface area is 110 Å². The second-order valence-corrected chi connectivity index (χ2v) is 5.74. The Balaban J connectivity index is 2.78. The van der Waals surface area contributed by atoms with Gasteiger partial charge in [-0.3, -0.25) is 4.79 Å². The minimum Gasteiger partial charge on any atom is -0.398 e. The van der Waals surface area contributed by atoms with Gasteiger partial charge < -0.3 is 11.5 Å². The predicted octanol–water partition coefficient (Wildman–Crippen LogP) is 0.466. The van der Waals surface area contributed by atoms with E-state index in [2.05, 4.69) is 4.72 Å². The number of primary amides is 1. The van der Waals surface area contributed by atoms with Crippen molar-refractivity contribution in [2.24, 2.45) is 5.73 Å². The van der Waals surface area contributed by atoms with Crippen molar-refractivity contribution in [3.63, 3.8) is 0 Å². The first kappa shape index (κ1) is 14.7. The van der Waals surface area contributed by atoms with Crippen LogP contribution in [-0.4, -0.2) is 20.9 Å². The molecule has 0 aromatic heterocycles. The van der Waals surface area contributed by atoms with Gasteiger partial charge in [-0.15, -0.1) is 0 Å². The molecule has 1 aromatic rings. The summed E-state index contributed by atoms with van der Waals surface area (Å²) in [6, 6.07) is 4.45. The van der Waals surface area contributed by atoms with Crippen molar-refractivity contribution in [2.45, 2.75) is 17.7 Å². The van der Waals surface area contributed by atoms with Crippen LogP contribution in [0.15, 0.2) is 23.1 Å². The first-order valence-corrected chi connectivity index (χ1v) is 7.02. The van der Waals surface area contributed by atoms with Crippen LogP contribution in [0, 0.1) is 0 Å². The first-order chi connectivity index (χ1) is 8.34. The van der Waals surface area contributed by atoms with Crippen LogP contribution < -0.4 is 16.2 Å². The van der Waals surface area contributed by atoms with E-state index in [1.54, 1.807) is 6.07 Å². The Morgan fingerprint density at radius 3 is 2.61 bits per heavy atom. The lowest BCUT2D eigenvalue weighted by Gasteiger charge is -2.10. The molecule has 0 fully saturated rings. The molecule has 1 rings (SSSR count). The highest BCUT2D eigenvalue weighted by Gasteiger charge is 2.20. The van der Waals surface area contributed by atoms with E-state index >= 15 is 0 Å². The van der Waals surface area contributed by atoms with Crippen molar-refractivity contribution in [2.75, 3.05) is 12.3 Å². The van der Waals surface area contributed by atoms with Crippen LogP contribution in [0.4, 0.5) is 5.69 Å². The maximum atomic E-state index is 11.9. The highest BCUT2D eigenvalue weighted by Crippen LogP contribution is 2.26. The number of rotatable bonds is 6. The molecule has 0 atom stereocenters. The van der Waals surface area contributed by atoms with Crippen molar-refractivity contribution < 1.29 is 13.2 Å². The number of nitrogen functional groups attached to an aromatic ring is 1. The van der Waals surface area contributed by atoms with Gasteiger partial charge in [-0.05, 0) is 18.6 Å². The molecule has 0 radical (unpaired) electrons. The number of sulfonamides is 1. The molecule has 0 aliphatic carbocycles. The fourth-order valence-electron chi connectivity index (χ4n) is 1.35. The highest BCUT2D eigenvalue weighted by atomic mass is 35.5. The molecular formula is C10H14ClN3O3S. The van der Waals surface area contributed by atoms with Gasteiger partial charge in [0.1, 0.15) is 4.90 Å². The summed E-state index contributed by atoms with van der Waals surface area (Å²) in [6.45, 7) is 0.0932. The van der Waals surface area contributed by atoms with Crippen LogP contribution in [0.1, 0.15) is 12.8 Å². The molecule has 0 spiro atoms. The van der Waals surface area contributed by atoms with Crippen molar-refractivity contribution in [3.8, 4) is 0 Å². The second-order valence-electron chi connectivity index (χ2n) is 3.63. The number of nitrogens with two attached hydrogens (primary N) is 2. The summed E-state index contributed by atoms with van der Waals surface area (Å²) in [6.07, 6.45) is 0.430. The van der Waals surface area contributed by atoms with E-state index in [0.717, 1.165) is 0 Å². The van der Waals surface area contributed by atoms with Crippen molar-refractivity contribution in [1.82, 2.24) is 4.72 Å². The fourth-order valence-corrected chi connectivity index (χ4v) is 3.10. The topological polar surface area (TPSA) is 115 Å². The number of hydrogen-bond acceptors (Lipinski definition) is 4. The Morgan fingerprint density at radius 2 is 2.06 bits per heavy atom. The Morgan fingerprint density at radius 1 is 1.39 bits per heavy atom. The van der Waals surface area contributed by atoms with E-state index in [0.29, 0.717) is 6.42 Å². The van der Waals surface area contributed by atoms with E-state index in [1.807, 2.05) is 0 Å². The maximum Gasteiger partial charge on any atom is 0.244 e. The SMILES string of the molecule is NC(=O)CCCNS(=O)(=O)c1c(N)cccc1Cl. The zero-order valence-electron chi connectivity index (χ0n) is 9.52. The average molecular weight is 292 g/mol. The lowest BCUT2D eigenvalue weighted by atomic mass is 10.3. The van der Waals surface area contributed by atoms with Crippen LogP contribution in [0.3, 0.4) is 0 Å². The van der Waals surface area contributed by atoms with Gasteiger partial charge in [0.05, 0.1) is 10.7 Å². The summed E-state index contributed by atoms with van der Waals surface area (Å²) in [4.78, 5) is 10.4. The van der Waals surface area contributed by atoms with Gasteiger partial charge in [-0.2, -0.15) is 0 Å². The molecule has 0 aliphatic heterocycles. The van der Waals surface area contributed by atoms with E-state index in [1.165, 1.54) is 12.1 Å². The lowest BCUT2D eigenvalue weighted by molar-refractivity contribution is -0.118. The highest BCUT2D eigenvalue weighted by molar-refractivity contribution is 7.89. The predicted molar refractivity (Wildman–Crippen MR) is 69.5 cm³/mol. The monoisotopic (exact) mass is 291 g/mol. The molecule has 1 aromatic carbocycles. The molecule has 0 saturated heterocycles. The van der Waals surface area contributed by atoms with Crippen molar-refractivity contribution in [1.29, 1.82) is 0 Å². The van der Waals surface area contributed by atoms with E-state index in [9.17, 15) is 13.2 Å². The van der Waals surface area contributed by atoms with Crippen molar-refractivity contribution in [3.05, 3.63) is 23.2 Å². The number of hydrogen-bond donors (Lipinski definition) is 3. The van der Waals surface area contributed by atoms with Gasteiger partial charge in [0.2, 0.25) is 15.9 Å². The van der Waals surface area contributed by atoms with Crippen LogP contribution >= 0.6 is 11.6 Å². The van der Waals surface area contributed by atoms with Crippen LogP contribution in [-0.2, 0) is 14.8 Å². The number of benzene rings is 1. The molecule has 0 saturated carbocycles. The molecule has 6 nitrogen and oxygen atoms in total. The molecule has 1 amide bonds. The van der Waals surface area contributed by atoms with E-state index in [-0.39, 0.29) is 28.6 Å². The fraction of sp³-hybridized carbons (Fsp3) is 0.300. The van der Waals surface area contributed by atoms with Gasteiger partial charge in [0.15, 0.2) is 0 Å². The van der Waals surface area contributed by atoms with E-state index in [4.69, 9.17) is 23.1 Å². The summed E-state index contributed by atoms with van der Waals surface area (Å²) >= 11 is 5.80. The number of anilines is 1. The largest absolute Gasteiger partial charge is 0.398 e. The zero-order chi connectivity index (χ0) is 13.8. The molecule has 8 heteroatoms. The van der Waals surface area contributed by atoms with E-state index < -0.39 is 15.9 Å².